The van der Waals surface area contributed by atoms with Gasteiger partial charge in [0.05, 0.1) is 11.8 Å². The van der Waals surface area contributed by atoms with E-state index in [0.717, 1.165) is 69.0 Å². The van der Waals surface area contributed by atoms with Gasteiger partial charge in [-0.1, -0.05) is 80.0 Å². The lowest BCUT2D eigenvalue weighted by molar-refractivity contribution is -0.236. The van der Waals surface area contributed by atoms with Gasteiger partial charge in [-0.25, -0.2) is 4.39 Å². The summed E-state index contributed by atoms with van der Waals surface area (Å²) in [6.45, 7) is 22.2. The molecule has 0 amide bonds. The van der Waals surface area contributed by atoms with Crippen molar-refractivity contribution in [3.8, 4) is 0 Å². The molecular formula is C46H66FNO5. The normalized spacial score (nSPS) is 41.2. The molecule has 0 saturated heterocycles. The first kappa shape index (κ1) is 38.7. The monoisotopic (exact) mass is 731 g/mol. The molecule has 53 heavy (non-hydrogen) atoms. The average Bonchev–Trinajstić information content (AvgIpc) is 3.37. The van der Waals surface area contributed by atoms with Crippen LogP contribution in [0.4, 0.5) is 4.39 Å². The number of benzene rings is 1. The van der Waals surface area contributed by atoms with Gasteiger partial charge in [0.25, 0.3) is 0 Å². The van der Waals surface area contributed by atoms with E-state index >= 15 is 0 Å². The third-order valence-electron chi connectivity index (χ3n) is 17.6. The van der Waals surface area contributed by atoms with Crippen molar-refractivity contribution < 1.29 is 28.6 Å². The molecule has 6 aliphatic rings. The Morgan fingerprint density at radius 1 is 0.868 bits per heavy atom. The van der Waals surface area contributed by atoms with Crippen LogP contribution >= 0.6 is 0 Å². The summed E-state index contributed by atoms with van der Waals surface area (Å²) in [4.78, 5) is 39.4. The van der Waals surface area contributed by atoms with Crippen molar-refractivity contribution in [2.45, 2.75) is 146 Å². The third-order valence-corrected chi connectivity index (χ3v) is 17.6. The molecule has 0 aromatic heterocycles. The molecule has 7 rings (SSSR count). The number of fused-ring (bicyclic) bond motifs is 7. The van der Waals surface area contributed by atoms with Crippen LogP contribution in [0.3, 0.4) is 0 Å². The summed E-state index contributed by atoms with van der Waals surface area (Å²) in [6, 6.07) is 6.73. The fourth-order valence-electron chi connectivity index (χ4n) is 14.4. The Hall–Kier alpha value is -2.54. The van der Waals surface area contributed by atoms with Gasteiger partial charge in [0.15, 0.2) is 5.78 Å². The number of Topliss-reactive ketones (excluding diaryl/α,β-unsaturated/α-hetero) is 1. The quantitative estimate of drug-likeness (QED) is 0.194. The maximum atomic E-state index is 14.0. The van der Waals surface area contributed by atoms with E-state index in [-0.39, 0.29) is 56.8 Å². The number of nitrogens with one attached hydrogen (secondary N) is 1. The smallest absolute Gasteiger partial charge is 0.309 e. The number of rotatable bonds is 9. The molecule has 5 saturated carbocycles. The fraction of sp³-hybridized carbons (Fsp3) is 0.761. The minimum atomic E-state index is -0.822. The summed E-state index contributed by atoms with van der Waals surface area (Å²) in [5, 5.41) is 13.3. The van der Waals surface area contributed by atoms with Crippen LogP contribution in [-0.4, -0.2) is 35.5 Å². The SMILES string of the molecule is CC(C)C1=C2[C@H]3CC[C@@H]4[C@@]5(C)CC[C@H](OC(=O)[C@H]6C[C@@H](C(=O)O)C6(C)C)C(C)(C)[C@@H]5CC[C@@]4(C)[C@]3(C)CC[C@@]2(CCNCc2ccc(F)cc2)CC1=O. The molecule has 1 aromatic carbocycles. The maximum Gasteiger partial charge on any atom is 0.309 e. The van der Waals surface area contributed by atoms with E-state index in [2.05, 4.69) is 53.8 Å². The van der Waals surface area contributed by atoms with E-state index in [0.29, 0.717) is 42.9 Å². The molecule has 6 aliphatic carbocycles. The number of carbonyl (C=O) groups is 3. The number of carboxylic acid groups (broad SMARTS) is 1. The van der Waals surface area contributed by atoms with E-state index in [1.807, 2.05) is 26.0 Å². The number of halogens is 1. The Morgan fingerprint density at radius 2 is 1.57 bits per heavy atom. The molecule has 0 bridgehead atoms. The predicted octanol–water partition coefficient (Wildman–Crippen LogP) is 9.94. The Labute approximate surface area is 317 Å². The maximum absolute atomic E-state index is 14.0. The highest BCUT2D eigenvalue weighted by Crippen LogP contribution is 2.77. The summed E-state index contributed by atoms with van der Waals surface area (Å²) in [7, 11) is 0. The zero-order valence-corrected chi connectivity index (χ0v) is 34.0. The Bertz CT molecular complexity index is 1680. The molecule has 6 nitrogen and oxygen atoms in total. The van der Waals surface area contributed by atoms with Crippen molar-refractivity contribution >= 4 is 17.7 Å². The number of carbonyl (C=O) groups excluding carboxylic acids is 2. The van der Waals surface area contributed by atoms with Gasteiger partial charge in [-0.15, -0.1) is 0 Å². The van der Waals surface area contributed by atoms with E-state index in [4.69, 9.17) is 4.74 Å². The second-order valence-electron chi connectivity index (χ2n) is 20.8. The zero-order valence-electron chi connectivity index (χ0n) is 34.0. The zero-order chi connectivity index (χ0) is 38.5. The predicted molar refractivity (Wildman–Crippen MR) is 205 cm³/mol. The van der Waals surface area contributed by atoms with Gasteiger partial charge in [-0.05, 0) is 139 Å². The first-order chi connectivity index (χ1) is 24.7. The Balaban J connectivity index is 1.11. The number of ketones is 1. The number of hydrogen-bond donors (Lipinski definition) is 2. The molecule has 1 aromatic rings. The Morgan fingerprint density at radius 3 is 2.21 bits per heavy atom. The fourth-order valence-corrected chi connectivity index (χ4v) is 14.4. The lowest BCUT2D eigenvalue weighted by Gasteiger charge is -2.72. The molecule has 5 fully saturated rings. The number of allylic oxidation sites excluding steroid dienone is 2. The van der Waals surface area contributed by atoms with Gasteiger partial charge in [0.1, 0.15) is 11.9 Å². The van der Waals surface area contributed by atoms with Crippen LogP contribution in [0.5, 0.6) is 0 Å². The van der Waals surface area contributed by atoms with Crippen molar-refractivity contribution in [3.63, 3.8) is 0 Å². The minimum absolute atomic E-state index is 0.0790. The minimum Gasteiger partial charge on any atom is -0.481 e. The van der Waals surface area contributed by atoms with Crippen LogP contribution < -0.4 is 5.32 Å². The first-order valence-corrected chi connectivity index (χ1v) is 20.9. The molecule has 0 spiro atoms. The molecule has 0 heterocycles. The van der Waals surface area contributed by atoms with E-state index < -0.39 is 17.3 Å². The number of aliphatic carboxylic acids is 1. The van der Waals surface area contributed by atoms with Gasteiger partial charge < -0.3 is 15.2 Å². The molecule has 7 heteroatoms. The summed E-state index contributed by atoms with van der Waals surface area (Å²) in [6.07, 6.45) is 10.4. The molecular weight excluding hydrogens is 666 g/mol. The summed E-state index contributed by atoms with van der Waals surface area (Å²) < 4.78 is 19.9. The molecule has 10 atom stereocenters. The van der Waals surface area contributed by atoms with Crippen LogP contribution in [-0.2, 0) is 25.7 Å². The molecule has 292 valence electrons. The van der Waals surface area contributed by atoms with E-state index in [1.54, 1.807) is 0 Å². The average molecular weight is 732 g/mol. The number of hydrogen-bond acceptors (Lipinski definition) is 5. The van der Waals surface area contributed by atoms with Crippen molar-refractivity contribution in [1.29, 1.82) is 0 Å². The lowest BCUT2D eigenvalue weighted by atomic mass is 9.33. The van der Waals surface area contributed by atoms with Crippen molar-refractivity contribution in [3.05, 3.63) is 46.8 Å². The summed E-state index contributed by atoms with van der Waals surface area (Å²) >= 11 is 0. The van der Waals surface area contributed by atoms with Gasteiger partial charge in [0, 0.05) is 23.8 Å². The highest BCUT2D eigenvalue weighted by molar-refractivity contribution is 6.00. The summed E-state index contributed by atoms with van der Waals surface area (Å²) in [5.74, 6) is -0.138. The van der Waals surface area contributed by atoms with Crippen LogP contribution in [0.2, 0.25) is 0 Å². The first-order valence-electron chi connectivity index (χ1n) is 20.9. The van der Waals surface area contributed by atoms with Gasteiger partial charge in [-0.3, -0.25) is 14.4 Å². The second-order valence-corrected chi connectivity index (χ2v) is 20.8. The van der Waals surface area contributed by atoms with Crippen molar-refractivity contribution in [2.24, 2.45) is 68.0 Å². The number of carboxylic acids is 1. The molecule has 0 aliphatic heterocycles. The lowest BCUT2D eigenvalue weighted by Crippen LogP contribution is -2.66. The van der Waals surface area contributed by atoms with E-state index in [9.17, 15) is 23.9 Å². The van der Waals surface area contributed by atoms with Crippen LogP contribution in [0.1, 0.15) is 139 Å². The third kappa shape index (κ3) is 5.73. The number of esters is 1. The van der Waals surface area contributed by atoms with Crippen molar-refractivity contribution in [1.82, 2.24) is 5.32 Å². The van der Waals surface area contributed by atoms with Gasteiger partial charge in [0.2, 0.25) is 0 Å². The standard InChI is InChI=1S/C46H66FNO5/c1-27(2)37-33(49)25-46(22-23-48-26-28-10-12-29(47)13-11-28)21-20-44(8)30(38(37)46)14-15-35-43(7)18-17-36(42(5,6)34(43)16-19-45(35,44)9)53-40(52)32-24-31(39(50)51)41(32,3)4/h10-13,27,30-32,34-36,48H,14-26H2,1-9H3,(H,50,51)/t30-,31+,32-,34+,35-,36+,43+,44-,45-,46-/m1/s1. The van der Waals surface area contributed by atoms with Crippen LogP contribution in [0.15, 0.2) is 35.4 Å². The van der Waals surface area contributed by atoms with Gasteiger partial charge >= 0.3 is 11.9 Å². The largest absolute Gasteiger partial charge is 0.481 e. The molecule has 0 unspecified atom stereocenters. The highest BCUT2D eigenvalue weighted by atomic mass is 19.1. The van der Waals surface area contributed by atoms with Crippen LogP contribution in [0, 0.1) is 73.8 Å². The van der Waals surface area contributed by atoms with E-state index in [1.165, 1.54) is 24.1 Å². The highest BCUT2D eigenvalue weighted by Gasteiger charge is 2.70. The second kappa shape index (κ2) is 13.0. The molecule has 2 N–H and O–H groups in total. The van der Waals surface area contributed by atoms with Crippen molar-refractivity contribution in [2.75, 3.05) is 6.54 Å². The topological polar surface area (TPSA) is 92.7 Å². The molecule has 0 radical (unpaired) electrons. The Kier molecular flexibility index (Phi) is 9.51. The number of ether oxygens (including phenoxy) is 1. The summed E-state index contributed by atoms with van der Waals surface area (Å²) in [5.41, 5.74) is 3.22. The van der Waals surface area contributed by atoms with Gasteiger partial charge in [-0.2, -0.15) is 0 Å². The van der Waals surface area contributed by atoms with Crippen LogP contribution in [0.25, 0.3) is 0 Å².